The number of aryl methyl sites for hydroxylation is 2. The van der Waals surface area contributed by atoms with E-state index in [1.54, 1.807) is 18.0 Å². The molecule has 0 bridgehead atoms. The summed E-state index contributed by atoms with van der Waals surface area (Å²) in [5, 5.41) is 6.35. The molecular formula is C21H22N4OS. The Hall–Kier alpha value is -2.73. The monoisotopic (exact) mass is 378 g/mol. The number of thioether (sulfide) groups is 1. The van der Waals surface area contributed by atoms with E-state index in [0.29, 0.717) is 12.2 Å². The average molecular weight is 379 g/mol. The normalized spacial score (nSPS) is 11.3. The lowest BCUT2D eigenvalue weighted by atomic mass is 10.1. The van der Waals surface area contributed by atoms with Gasteiger partial charge < -0.3 is 14.5 Å². The molecule has 0 saturated heterocycles. The Kier molecular flexibility index (Phi) is 4.90. The lowest BCUT2D eigenvalue weighted by Gasteiger charge is -2.07. The number of nitrogens with one attached hydrogen (secondary N) is 1. The number of benzene rings is 2. The third-order valence-electron chi connectivity index (χ3n) is 4.71. The molecule has 2 aromatic carbocycles. The maximum atomic E-state index is 12.3. The van der Waals surface area contributed by atoms with Crippen LogP contribution in [-0.4, -0.2) is 25.8 Å². The van der Waals surface area contributed by atoms with Crippen LogP contribution in [0.1, 0.15) is 13.3 Å². The molecule has 0 radical (unpaired) electrons. The van der Waals surface area contributed by atoms with Crippen molar-refractivity contribution < 1.29 is 4.79 Å². The lowest BCUT2D eigenvalue weighted by Crippen LogP contribution is -2.12. The fourth-order valence-electron chi connectivity index (χ4n) is 3.42. The van der Waals surface area contributed by atoms with Gasteiger partial charge in [-0.05, 0) is 31.2 Å². The van der Waals surface area contributed by atoms with Crippen LogP contribution in [0.2, 0.25) is 0 Å². The third-order valence-corrected chi connectivity index (χ3v) is 5.77. The van der Waals surface area contributed by atoms with Crippen molar-refractivity contribution in [1.82, 2.24) is 14.1 Å². The van der Waals surface area contributed by atoms with E-state index >= 15 is 0 Å². The first-order chi connectivity index (χ1) is 13.2. The average Bonchev–Trinajstić information content (AvgIpc) is 3.22. The summed E-state index contributed by atoms with van der Waals surface area (Å²) in [6, 6.07) is 14.6. The van der Waals surface area contributed by atoms with Crippen molar-refractivity contribution in [3.8, 4) is 0 Å². The minimum atomic E-state index is 0.0234. The predicted octanol–water partition coefficient (Wildman–Crippen LogP) is 4.67. The molecule has 138 valence electrons. The molecule has 0 spiro atoms. The molecule has 5 nitrogen and oxygen atoms in total. The molecule has 4 rings (SSSR count). The van der Waals surface area contributed by atoms with Gasteiger partial charge in [0.1, 0.15) is 0 Å². The van der Waals surface area contributed by atoms with Gasteiger partial charge in [-0.15, -0.1) is 0 Å². The standard InChI is InChI=1S/C21H22N4OS/c1-3-25-18-7-5-4-6-16(18)17-14-15(8-9-19(17)25)23-20(26)10-13-27-21-22-11-12-24(21)2/h4-9,11-12,14H,3,10,13H2,1-2H3,(H,23,26). The van der Waals surface area contributed by atoms with E-state index < -0.39 is 0 Å². The van der Waals surface area contributed by atoms with Crippen molar-refractivity contribution in [3.05, 3.63) is 54.9 Å². The smallest absolute Gasteiger partial charge is 0.225 e. The van der Waals surface area contributed by atoms with E-state index in [1.807, 2.05) is 23.9 Å². The Morgan fingerprint density at radius 1 is 1.15 bits per heavy atom. The Morgan fingerprint density at radius 2 is 1.96 bits per heavy atom. The summed E-state index contributed by atoms with van der Waals surface area (Å²) in [5.41, 5.74) is 3.26. The van der Waals surface area contributed by atoms with Gasteiger partial charge in [-0.2, -0.15) is 0 Å². The number of rotatable bonds is 6. The minimum absolute atomic E-state index is 0.0234. The fraction of sp³-hybridized carbons (Fsp3) is 0.238. The second kappa shape index (κ2) is 7.48. The number of aromatic nitrogens is 3. The molecule has 0 aliphatic rings. The number of hydrogen-bond donors (Lipinski definition) is 1. The summed E-state index contributed by atoms with van der Waals surface area (Å²) in [6.07, 6.45) is 4.13. The van der Waals surface area contributed by atoms with Gasteiger partial charge in [-0.1, -0.05) is 30.0 Å². The van der Waals surface area contributed by atoms with E-state index in [2.05, 4.69) is 58.2 Å². The zero-order valence-corrected chi connectivity index (χ0v) is 16.3. The van der Waals surface area contributed by atoms with Gasteiger partial charge in [0.05, 0.1) is 0 Å². The van der Waals surface area contributed by atoms with E-state index in [9.17, 15) is 4.79 Å². The number of amides is 1. The number of imidazole rings is 1. The Balaban J connectivity index is 1.50. The van der Waals surface area contributed by atoms with Gasteiger partial charge in [0.25, 0.3) is 0 Å². The topological polar surface area (TPSA) is 51.9 Å². The summed E-state index contributed by atoms with van der Waals surface area (Å²) in [7, 11) is 1.96. The minimum Gasteiger partial charge on any atom is -0.341 e. The number of hydrogen-bond acceptors (Lipinski definition) is 3. The van der Waals surface area contributed by atoms with Gasteiger partial charge >= 0.3 is 0 Å². The van der Waals surface area contributed by atoms with E-state index in [0.717, 1.165) is 17.4 Å². The van der Waals surface area contributed by atoms with Gasteiger partial charge in [0, 0.05) is 65.7 Å². The number of para-hydroxylation sites is 1. The molecular weight excluding hydrogens is 356 g/mol. The van der Waals surface area contributed by atoms with Gasteiger partial charge in [0.15, 0.2) is 5.16 Å². The molecule has 0 unspecified atom stereocenters. The van der Waals surface area contributed by atoms with Crippen LogP contribution >= 0.6 is 11.8 Å². The molecule has 27 heavy (non-hydrogen) atoms. The summed E-state index contributed by atoms with van der Waals surface area (Å²) in [4.78, 5) is 16.6. The SMILES string of the molecule is CCn1c2ccccc2c2cc(NC(=O)CCSc3nccn3C)ccc21. The highest BCUT2D eigenvalue weighted by Crippen LogP contribution is 2.31. The van der Waals surface area contributed by atoms with Gasteiger partial charge in [-0.25, -0.2) is 4.98 Å². The van der Waals surface area contributed by atoms with Crippen LogP contribution in [0, 0.1) is 0 Å². The molecule has 0 fully saturated rings. The second-order valence-corrected chi connectivity index (χ2v) is 7.52. The molecule has 4 aromatic rings. The molecule has 0 saturated carbocycles. The Bertz CT molecular complexity index is 1110. The van der Waals surface area contributed by atoms with Crippen molar-refractivity contribution in [2.24, 2.45) is 7.05 Å². The first kappa shape index (κ1) is 17.7. The number of carbonyl (C=O) groups excluding carboxylic acids is 1. The van der Waals surface area contributed by atoms with Crippen LogP contribution in [0.15, 0.2) is 60.0 Å². The number of carbonyl (C=O) groups is 1. The molecule has 0 aliphatic heterocycles. The molecule has 0 atom stereocenters. The third kappa shape index (κ3) is 3.45. The zero-order valence-electron chi connectivity index (χ0n) is 15.5. The summed E-state index contributed by atoms with van der Waals surface area (Å²) >= 11 is 1.59. The van der Waals surface area contributed by atoms with Crippen molar-refractivity contribution in [3.63, 3.8) is 0 Å². The van der Waals surface area contributed by atoms with Gasteiger partial charge in [-0.3, -0.25) is 4.79 Å². The van der Waals surface area contributed by atoms with Crippen molar-refractivity contribution in [2.75, 3.05) is 11.1 Å². The maximum Gasteiger partial charge on any atom is 0.225 e. The van der Waals surface area contributed by atoms with E-state index in [1.165, 1.54) is 21.8 Å². The van der Waals surface area contributed by atoms with E-state index in [-0.39, 0.29) is 5.91 Å². The number of fused-ring (bicyclic) bond motifs is 3. The first-order valence-electron chi connectivity index (χ1n) is 9.08. The van der Waals surface area contributed by atoms with Crippen LogP contribution in [-0.2, 0) is 18.4 Å². The molecule has 0 aliphatic carbocycles. The zero-order chi connectivity index (χ0) is 18.8. The van der Waals surface area contributed by atoms with Gasteiger partial charge in [0.2, 0.25) is 5.91 Å². The first-order valence-corrected chi connectivity index (χ1v) is 10.1. The molecule has 1 amide bonds. The lowest BCUT2D eigenvalue weighted by molar-refractivity contribution is -0.115. The van der Waals surface area contributed by atoms with Crippen molar-refractivity contribution in [1.29, 1.82) is 0 Å². The highest BCUT2D eigenvalue weighted by molar-refractivity contribution is 7.99. The fourth-order valence-corrected chi connectivity index (χ4v) is 4.29. The van der Waals surface area contributed by atoms with Crippen LogP contribution in [0.5, 0.6) is 0 Å². The van der Waals surface area contributed by atoms with Crippen LogP contribution in [0.25, 0.3) is 21.8 Å². The van der Waals surface area contributed by atoms with Crippen LogP contribution in [0.4, 0.5) is 5.69 Å². The highest BCUT2D eigenvalue weighted by Gasteiger charge is 2.11. The second-order valence-electron chi connectivity index (χ2n) is 6.46. The number of anilines is 1. The summed E-state index contributed by atoms with van der Waals surface area (Å²) < 4.78 is 4.26. The summed E-state index contributed by atoms with van der Waals surface area (Å²) in [6.45, 7) is 3.07. The quantitative estimate of drug-likeness (QED) is 0.496. The molecule has 2 heterocycles. The largest absolute Gasteiger partial charge is 0.341 e. The van der Waals surface area contributed by atoms with Crippen LogP contribution < -0.4 is 5.32 Å². The Labute approximate surface area is 162 Å². The predicted molar refractivity (Wildman–Crippen MR) is 112 cm³/mol. The molecule has 1 N–H and O–H groups in total. The van der Waals surface area contributed by atoms with E-state index in [4.69, 9.17) is 0 Å². The van der Waals surface area contributed by atoms with Crippen molar-refractivity contribution >= 4 is 45.2 Å². The number of nitrogens with zero attached hydrogens (tertiary/aromatic N) is 3. The molecule has 2 aromatic heterocycles. The maximum absolute atomic E-state index is 12.3. The van der Waals surface area contributed by atoms with Crippen LogP contribution in [0.3, 0.4) is 0 Å². The Morgan fingerprint density at radius 3 is 2.74 bits per heavy atom. The highest BCUT2D eigenvalue weighted by atomic mass is 32.2. The molecule has 6 heteroatoms. The van der Waals surface area contributed by atoms with Crippen molar-refractivity contribution in [2.45, 2.75) is 25.0 Å². The summed E-state index contributed by atoms with van der Waals surface area (Å²) in [5.74, 6) is 0.726.